The van der Waals surface area contributed by atoms with E-state index in [9.17, 15) is 26.4 Å². The second kappa shape index (κ2) is 10.2. The minimum Gasteiger partial charge on any atom is -0.435 e. The van der Waals surface area contributed by atoms with Crippen LogP contribution in [0.1, 0.15) is 15.9 Å². The molecule has 0 aliphatic heterocycles. The topological polar surface area (TPSA) is 84.5 Å². The quantitative estimate of drug-likeness (QED) is 0.497. The van der Waals surface area contributed by atoms with E-state index in [4.69, 9.17) is 0 Å². The highest BCUT2D eigenvalue weighted by molar-refractivity contribution is 7.92. The number of carbonyl (C=O) groups excluding carboxylic acids is 1. The third-order valence-corrected chi connectivity index (χ3v) is 5.74. The van der Waals surface area contributed by atoms with Crippen LogP contribution in [-0.2, 0) is 16.4 Å². The molecule has 0 saturated heterocycles. The predicted molar refractivity (Wildman–Crippen MR) is 113 cm³/mol. The van der Waals surface area contributed by atoms with Crippen molar-refractivity contribution in [3.05, 3.63) is 89.7 Å². The highest BCUT2D eigenvalue weighted by Crippen LogP contribution is 2.20. The lowest BCUT2D eigenvalue weighted by atomic mass is 10.1. The van der Waals surface area contributed by atoms with Crippen LogP contribution in [-0.4, -0.2) is 27.5 Å². The predicted octanol–water partition coefficient (Wildman–Crippen LogP) is 4.20. The number of alkyl halides is 2. The van der Waals surface area contributed by atoms with Gasteiger partial charge in [-0.05, 0) is 54.4 Å². The maximum absolute atomic E-state index is 13.8. The standard InChI is InChI=1S/C22H19F3N2O4S/c23-19-6-1-2-7-20(19)27-32(29,30)18-5-3-4-16(14-18)21(28)26-13-12-15-8-10-17(11-9-15)31-22(24)25/h1-11,14,22,27H,12-13H2,(H,26,28). The van der Waals surface area contributed by atoms with Gasteiger partial charge in [-0.15, -0.1) is 0 Å². The minimum atomic E-state index is -4.10. The monoisotopic (exact) mass is 464 g/mol. The van der Waals surface area contributed by atoms with E-state index >= 15 is 0 Å². The number of rotatable bonds is 9. The zero-order valence-electron chi connectivity index (χ0n) is 16.6. The fraction of sp³-hybridized carbons (Fsp3) is 0.136. The van der Waals surface area contributed by atoms with E-state index in [2.05, 4.69) is 14.8 Å². The van der Waals surface area contributed by atoms with Crippen molar-refractivity contribution in [3.8, 4) is 5.75 Å². The van der Waals surface area contributed by atoms with Crippen molar-refractivity contribution >= 4 is 21.6 Å². The molecule has 1 amide bonds. The fourth-order valence-electron chi connectivity index (χ4n) is 2.81. The molecule has 0 aliphatic carbocycles. The summed E-state index contributed by atoms with van der Waals surface area (Å²) in [5, 5.41) is 2.67. The van der Waals surface area contributed by atoms with Crippen molar-refractivity contribution in [2.45, 2.75) is 17.9 Å². The van der Waals surface area contributed by atoms with Gasteiger partial charge in [0.1, 0.15) is 11.6 Å². The number of carbonyl (C=O) groups is 1. The number of nitrogens with one attached hydrogen (secondary N) is 2. The van der Waals surface area contributed by atoms with E-state index in [1.54, 1.807) is 12.1 Å². The van der Waals surface area contributed by atoms with Crippen molar-refractivity contribution in [2.24, 2.45) is 0 Å². The van der Waals surface area contributed by atoms with Crippen LogP contribution in [0.5, 0.6) is 5.75 Å². The summed E-state index contributed by atoms with van der Waals surface area (Å²) in [6.45, 7) is -2.67. The number of hydrogen-bond donors (Lipinski definition) is 2. The second-order valence-corrected chi connectivity index (χ2v) is 8.32. The molecule has 0 saturated carbocycles. The fourth-order valence-corrected chi connectivity index (χ4v) is 3.92. The minimum absolute atomic E-state index is 0.0369. The van der Waals surface area contributed by atoms with E-state index < -0.39 is 28.4 Å². The number of hydrogen-bond acceptors (Lipinski definition) is 4. The molecule has 10 heteroatoms. The Morgan fingerprint density at radius 1 is 0.969 bits per heavy atom. The Bertz CT molecular complexity index is 1190. The van der Waals surface area contributed by atoms with Gasteiger partial charge in [0.05, 0.1) is 10.6 Å². The molecule has 2 N–H and O–H groups in total. The van der Waals surface area contributed by atoms with Gasteiger partial charge in [0.25, 0.3) is 15.9 Å². The third-order valence-electron chi connectivity index (χ3n) is 4.37. The van der Waals surface area contributed by atoms with Gasteiger partial charge in [0.2, 0.25) is 0 Å². The summed E-state index contributed by atoms with van der Waals surface area (Å²) in [6, 6.07) is 16.7. The van der Waals surface area contributed by atoms with Gasteiger partial charge in [-0.25, -0.2) is 12.8 Å². The molecule has 6 nitrogen and oxygen atoms in total. The average molecular weight is 464 g/mol. The summed E-state index contributed by atoms with van der Waals surface area (Å²) < 4.78 is 69.7. The van der Waals surface area contributed by atoms with Crippen LogP contribution < -0.4 is 14.8 Å². The number of para-hydroxylation sites is 1. The molecule has 0 radical (unpaired) electrons. The Labute approximate surface area is 183 Å². The molecular weight excluding hydrogens is 445 g/mol. The molecule has 0 aromatic heterocycles. The van der Waals surface area contributed by atoms with Gasteiger partial charge in [0.15, 0.2) is 0 Å². The summed E-state index contributed by atoms with van der Waals surface area (Å²) in [7, 11) is -4.10. The molecule has 3 aromatic carbocycles. The average Bonchev–Trinajstić information content (AvgIpc) is 2.76. The molecule has 32 heavy (non-hydrogen) atoms. The number of benzene rings is 3. The maximum atomic E-state index is 13.8. The first-order chi connectivity index (χ1) is 15.2. The molecule has 0 fully saturated rings. The van der Waals surface area contributed by atoms with E-state index in [1.165, 1.54) is 54.6 Å². The van der Waals surface area contributed by atoms with Gasteiger partial charge >= 0.3 is 6.61 Å². The summed E-state index contributed by atoms with van der Waals surface area (Å²) in [5.41, 5.74) is 0.701. The summed E-state index contributed by atoms with van der Waals surface area (Å²) in [6.07, 6.45) is 0.424. The molecule has 0 heterocycles. The van der Waals surface area contributed by atoms with Crippen molar-refractivity contribution in [3.63, 3.8) is 0 Å². The van der Waals surface area contributed by atoms with E-state index in [-0.39, 0.29) is 28.4 Å². The Balaban J connectivity index is 1.60. The number of anilines is 1. The number of amides is 1. The number of ether oxygens (including phenoxy) is 1. The number of sulfonamides is 1. The third kappa shape index (κ3) is 6.24. The molecular formula is C22H19F3N2O4S. The first-order valence-corrected chi connectivity index (χ1v) is 10.9. The van der Waals surface area contributed by atoms with Gasteiger partial charge in [-0.1, -0.05) is 30.3 Å². The van der Waals surface area contributed by atoms with Crippen LogP contribution in [0, 0.1) is 5.82 Å². The highest BCUT2D eigenvalue weighted by atomic mass is 32.2. The van der Waals surface area contributed by atoms with Crippen LogP contribution in [0.3, 0.4) is 0 Å². The summed E-state index contributed by atoms with van der Waals surface area (Å²) in [5.74, 6) is -1.18. The molecule has 0 bridgehead atoms. The molecule has 0 spiro atoms. The van der Waals surface area contributed by atoms with E-state index in [0.717, 1.165) is 11.6 Å². The second-order valence-electron chi connectivity index (χ2n) is 6.64. The highest BCUT2D eigenvalue weighted by Gasteiger charge is 2.18. The Hall–Kier alpha value is -3.53. The zero-order chi connectivity index (χ0) is 23.1. The smallest absolute Gasteiger partial charge is 0.387 e. The molecule has 0 atom stereocenters. The lowest BCUT2D eigenvalue weighted by Crippen LogP contribution is -2.26. The zero-order valence-corrected chi connectivity index (χ0v) is 17.4. The molecule has 0 unspecified atom stereocenters. The molecule has 3 rings (SSSR count). The van der Waals surface area contributed by atoms with Gasteiger partial charge < -0.3 is 10.1 Å². The SMILES string of the molecule is O=C(NCCc1ccc(OC(F)F)cc1)c1cccc(S(=O)(=O)Nc2ccccc2F)c1. The maximum Gasteiger partial charge on any atom is 0.387 e. The lowest BCUT2D eigenvalue weighted by molar-refractivity contribution is -0.0498. The van der Waals surface area contributed by atoms with Gasteiger partial charge in [-0.3, -0.25) is 9.52 Å². The van der Waals surface area contributed by atoms with Crippen LogP contribution in [0.2, 0.25) is 0 Å². The van der Waals surface area contributed by atoms with Gasteiger partial charge in [-0.2, -0.15) is 8.78 Å². The van der Waals surface area contributed by atoms with Crippen molar-refractivity contribution in [1.82, 2.24) is 5.32 Å². The van der Waals surface area contributed by atoms with Crippen LogP contribution >= 0.6 is 0 Å². The Kier molecular flexibility index (Phi) is 7.37. The van der Waals surface area contributed by atoms with Crippen molar-refractivity contribution < 1.29 is 31.1 Å². The molecule has 168 valence electrons. The first kappa shape index (κ1) is 23.1. The van der Waals surface area contributed by atoms with E-state index in [0.29, 0.717) is 6.42 Å². The molecule has 0 aliphatic rings. The number of halogens is 3. The van der Waals surface area contributed by atoms with Crippen LogP contribution in [0.25, 0.3) is 0 Å². The first-order valence-electron chi connectivity index (χ1n) is 9.44. The molecule has 3 aromatic rings. The van der Waals surface area contributed by atoms with Crippen LogP contribution in [0.15, 0.2) is 77.7 Å². The summed E-state index contributed by atoms with van der Waals surface area (Å²) >= 11 is 0. The lowest BCUT2D eigenvalue weighted by Gasteiger charge is -2.10. The van der Waals surface area contributed by atoms with Crippen molar-refractivity contribution in [2.75, 3.05) is 11.3 Å². The van der Waals surface area contributed by atoms with E-state index in [1.807, 2.05) is 0 Å². The summed E-state index contributed by atoms with van der Waals surface area (Å²) in [4.78, 5) is 12.2. The van der Waals surface area contributed by atoms with Gasteiger partial charge in [0, 0.05) is 12.1 Å². The van der Waals surface area contributed by atoms with Crippen molar-refractivity contribution in [1.29, 1.82) is 0 Å². The van der Waals surface area contributed by atoms with Crippen LogP contribution in [0.4, 0.5) is 18.9 Å². The largest absolute Gasteiger partial charge is 0.435 e. The Morgan fingerprint density at radius 2 is 1.69 bits per heavy atom. The Morgan fingerprint density at radius 3 is 2.38 bits per heavy atom. The normalized spacial score (nSPS) is 11.2.